The smallest absolute Gasteiger partial charge is 0.408 e. The number of amides is 1. The lowest BCUT2D eigenvalue weighted by Crippen LogP contribution is -2.45. The molecule has 0 bridgehead atoms. The van der Waals surface area contributed by atoms with E-state index in [9.17, 15) is 18.0 Å². The lowest BCUT2D eigenvalue weighted by Gasteiger charge is -2.19. The third-order valence-corrected chi connectivity index (χ3v) is 2.31. The predicted octanol–water partition coefficient (Wildman–Crippen LogP) is 3.25. The van der Waals surface area contributed by atoms with Crippen LogP contribution in [0.5, 0.6) is 0 Å². The Hall–Kier alpha value is -1.72. The van der Waals surface area contributed by atoms with Crippen molar-refractivity contribution in [2.24, 2.45) is 0 Å². The summed E-state index contributed by atoms with van der Waals surface area (Å²) in [5.41, 5.74) is 0.715. The number of nitrogens with one attached hydrogen (secondary N) is 1. The molecule has 1 aromatic rings. The van der Waals surface area contributed by atoms with E-state index in [4.69, 9.17) is 4.74 Å². The van der Waals surface area contributed by atoms with Crippen LogP contribution in [0.25, 0.3) is 0 Å². The number of benzene rings is 1. The monoisotopic (exact) mass is 261 g/mol. The summed E-state index contributed by atoms with van der Waals surface area (Å²) in [4.78, 5) is 11.2. The van der Waals surface area contributed by atoms with Gasteiger partial charge in [0, 0.05) is 0 Å². The highest BCUT2D eigenvalue weighted by Gasteiger charge is 2.39. The summed E-state index contributed by atoms with van der Waals surface area (Å²) in [5, 5.41) is 1.79. The fourth-order valence-electron chi connectivity index (χ4n) is 1.32. The van der Waals surface area contributed by atoms with Crippen molar-refractivity contribution in [2.45, 2.75) is 32.2 Å². The van der Waals surface area contributed by atoms with Crippen molar-refractivity contribution in [3.8, 4) is 0 Å². The topological polar surface area (TPSA) is 38.3 Å². The van der Waals surface area contributed by atoms with Gasteiger partial charge in [0.25, 0.3) is 0 Å². The van der Waals surface area contributed by atoms with Gasteiger partial charge in [0.15, 0.2) is 0 Å². The first kappa shape index (κ1) is 14.3. The Kier molecular flexibility index (Phi) is 5.00. The van der Waals surface area contributed by atoms with Gasteiger partial charge < -0.3 is 10.1 Å². The molecule has 0 aliphatic heterocycles. The van der Waals surface area contributed by atoms with E-state index in [0.717, 1.165) is 0 Å². The van der Waals surface area contributed by atoms with Crippen LogP contribution in [-0.2, 0) is 11.3 Å². The average molecular weight is 261 g/mol. The molecule has 6 heteroatoms. The van der Waals surface area contributed by atoms with Crippen LogP contribution in [-0.4, -0.2) is 18.3 Å². The van der Waals surface area contributed by atoms with E-state index >= 15 is 0 Å². The standard InChI is InChI=1S/C12H14F3NO2/c1-2-10(12(13,14)15)16-11(17)18-8-9-6-4-3-5-7-9/h3-7,10H,2,8H2,1H3,(H,16,17). The van der Waals surface area contributed by atoms with Crippen LogP contribution in [0, 0.1) is 0 Å². The second-order valence-electron chi connectivity index (χ2n) is 3.71. The fourth-order valence-corrected chi connectivity index (χ4v) is 1.32. The number of carbonyl (C=O) groups excluding carboxylic acids is 1. The van der Waals surface area contributed by atoms with Crippen molar-refractivity contribution in [3.05, 3.63) is 35.9 Å². The zero-order chi connectivity index (χ0) is 13.6. The first-order chi connectivity index (χ1) is 8.43. The molecule has 1 aromatic carbocycles. The summed E-state index contributed by atoms with van der Waals surface area (Å²) in [6.45, 7) is 1.29. The van der Waals surface area contributed by atoms with Crippen molar-refractivity contribution in [1.29, 1.82) is 0 Å². The van der Waals surface area contributed by atoms with Gasteiger partial charge in [-0.15, -0.1) is 0 Å². The molecule has 0 aliphatic rings. The molecule has 3 nitrogen and oxygen atoms in total. The Balaban J connectivity index is 2.42. The van der Waals surface area contributed by atoms with Crippen LogP contribution in [0.3, 0.4) is 0 Å². The molecule has 100 valence electrons. The van der Waals surface area contributed by atoms with Crippen molar-refractivity contribution in [1.82, 2.24) is 5.32 Å². The summed E-state index contributed by atoms with van der Waals surface area (Å²) < 4.78 is 41.8. The summed E-state index contributed by atoms with van der Waals surface area (Å²) >= 11 is 0. The molecule has 0 saturated heterocycles. The number of ether oxygens (including phenoxy) is 1. The molecular formula is C12H14F3NO2. The van der Waals surface area contributed by atoms with Gasteiger partial charge in [-0.1, -0.05) is 37.3 Å². The molecule has 18 heavy (non-hydrogen) atoms. The van der Waals surface area contributed by atoms with Gasteiger partial charge in [-0.05, 0) is 12.0 Å². The molecule has 1 rings (SSSR count). The van der Waals surface area contributed by atoms with Gasteiger partial charge in [0.1, 0.15) is 12.6 Å². The van der Waals surface area contributed by atoms with E-state index in [-0.39, 0.29) is 13.0 Å². The second-order valence-corrected chi connectivity index (χ2v) is 3.71. The molecule has 1 unspecified atom stereocenters. The number of rotatable bonds is 4. The number of alkyl halides is 3. The molecule has 0 aromatic heterocycles. The summed E-state index contributed by atoms with van der Waals surface area (Å²) in [7, 11) is 0. The molecule has 1 amide bonds. The van der Waals surface area contributed by atoms with Crippen LogP contribution >= 0.6 is 0 Å². The SMILES string of the molecule is CCC(NC(=O)OCc1ccccc1)C(F)(F)F. The van der Waals surface area contributed by atoms with E-state index in [1.807, 2.05) is 0 Å². The van der Waals surface area contributed by atoms with Crippen molar-refractivity contribution < 1.29 is 22.7 Å². The van der Waals surface area contributed by atoms with Crippen LogP contribution < -0.4 is 5.32 Å². The molecule has 1 atom stereocenters. The molecule has 0 radical (unpaired) electrons. The Morgan fingerprint density at radius 1 is 1.33 bits per heavy atom. The van der Waals surface area contributed by atoms with E-state index in [0.29, 0.717) is 5.56 Å². The number of hydrogen-bond donors (Lipinski definition) is 1. The molecular weight excluding hydrogens is 247 g/mol. The maximum absolute atomic E-state index is 12.4. The molecule has 0 spiro atoms. The third kappa shape index (κ3) is 4.65. The quantitative estimate of drug-likeness (QED) is 0.903. The Labute approximate surface area is 103 Å². The van der Waals surface area contributed by atoms with Crippen molar-refractivity contribution in [2.75, 3.05) is 0 Å². The summed E-state index contributed by atoms with van der Waals surface area (Å²) in [5.74, 6) is 0. The summed E-state index contributed by atoms with van der Waals surface area (Å²) in [6, 6.07) is 6.85. The normalized spacial score (nSPS) is 12.9. The second kappa shape index (κ2) is 6.28. The number of carbonyl (C=O) groups is 1. The van der Waals surface area contributed by atoms with Crippen molar-refractivity contribution in [3.63, 3.8) is 0 Å². The van der Waals surface area contributed by atoms with Crippen molar-refractivity contribution >= 4 is 6.09 Å². The molecule has 0 heterocycles. The molecule has 0 aliphatic carbocycles. The summed E-state index contributed by atoms with van der Waals surface area (Å²) in [6.07, 6.45) is -5.76. The van der Waals surface area contributed by atoms with Gasteiger partial charge in [0.2, 0.25) is 0 Å². The fraction of sp³-hybridized carbons (Fsp3) is 0.417. The number of alkyl carbamates (subject to hydrolysis) is 1. The lowest BCUT2D eigenvalue weighted by molar-refractivity contribution is -0.154. The highest BCUT2D eigenvalue weighted by atomic mass is 19.4. The highest BCUT2D eigenvalue weighted by Crippen LogP contribution is 2.22. The van der Waals surface area contributed by atoms with E-state index in [1.165, 1.54) is 6.92 Å². The van der Waals surface area contributed by atoms with E-state index in [1.54, 1.807) is 35.6 Å². The highest BCUT2D eigenvalue weighted by molar-refractivity contribution is 5.67. The zero-order valence-corrected chi connectivity index (χ0v) is 9.83. The Morgan fingerprint density at radius 3 is 2.44 bits per heavy atom. The van der Waals surface area contributed by atoms with E-state index < -0.39 is 18.3 Å². The minimum atomic E-state index is -4.46. The Morgan fingerprint density at radius 2 is 1.94 bits per heavy atom. The number of halogens is 3. The minimum absolute atomic E-state index is 0.0546. The molecule has 0 fully saturated rings. The van der Waals surface area contributed by atoms with Crippen LogP contribution in [0.2, 0.25) is 0 Å². The van der Waals surface area contributed by atoms with Crippen LogP contribution in [0.1, 0.15) is 18.9 Å². The third-order valence-electron chi connectivity index (χ3n) is 2.31. The van der Waals surface area contributed by atoms with Gasteiger partial charge >= 0.3 is 12.3 Å². The van der Waals surface area contributed by atoms with Gasteiger partial charge in [-0.25, -0.2) is 4.79 Å². The lowest BCUT2D eigenvalue weighted by atomic mass is 10.2. The average Bonchev–Trinajstić information content (AvgIpc) is 2.33. The van der Waals surface area contributed by atoms with E-state index in [2.05, 4.69) is 0 Å². The largest absolute Gasteiger partial charge is 0.445 e. The van der Waals surface area contributed by atoms with Gasteiger partial charge in [-0.2, -0.15) is 13.2 Å². The molecule has 1 N–H and O–H groups in total. The molecule has 0 saturated carbocycles. The number of hydrogen-bond acceptors (Lipinski definition) is 2. The predicted molar refractivity (Wildman–Crippen MR) is 59.9 cm³/mol. The first-order valence-electron chi connectivity index (χ1n) is 5.47. The first-order valence-corrected chi connectivity index (χ1v) is 5.47. The minimum Gasteiger partial charge on any atom is -0.445 e. The maximum atomic E-state index is 12.4. The maximum Gasteiger partial charge on any atom is 0.408 e. The van der Waals surface area contributed by atoms with Crippen LogP contribution in [0.15, 0.2) is 30.3 Å². The Bertz CT molecular complexity index is 379. The van der Waals surface area contributed by atoms with Gasteiger partial charge in [-0.3, -0.25) is 0 Å². The van der Waals surface area contributed by atoms with Gasteiger partial charge in [0.05, 0.1) is 0 Å². The zero-order valence-electron chi connectivity index (χ0n) is 9.83. The van der Waals surface area contributed by atoms with Crippen LogP contribution in [0.4, 0.5) is 18.0 Å².